The zero-order chi connectivity index (χ0) is 12.3. The number of thioether (sulfide) groups is 1. The van der Waals surface area contributed by atoms with Gasteiger partial charge in [0, 0.05) is 12.3 Å². The molecule has 0 amide bonds. The van der Waals surface area contributed by atoms with E-state index in [1.807, 2.05) is 13.0 Å². The average Bonchev–Trinajstić information content (AvgIpc) is 2.73. The fraction of sp³-hybridized carbons (Fsp3) is 0.273. The van der Waals surface area contributed by atoms with Crippen molar-refractivity contribution < 1.29 is 4.39 Å². The maximum atomic E-state index is 13.6. The van der Waals surface area contributed by atoms with Crippen molar-refractivity contribution in [3.8, 4) is 0 Å². The minimum Gasteiger partial charge on any atom is -0.326 e. The zero-order valence-electron chi connectivity index (χ0n) is 9.40. The number of rotatable bonds is 4. The Hall–Kier alpha value is -1.40. The number of nitrogens with zero attached hydrogens (tertiary/aromatic N) is 2. The van der Waals surface area contributed by atoms with Crippen LogP contribution in [0.25, 0.3) is 0 Å². The Morgan fingerprint density at radius 1 is 1.47 bits per heavy atom. The maximum Gasteiger partial charge on any atom is 0.208 e. The van der Waals surface area contributed by atoms with Gasteiger partial charge in [0.25, 0.3) is 0 Å². The maximum absolute atomic E-state index is 13.6. The molecule has 0 unspecified atom stereocenters. The first-order valence-corrected chi connectivity index (χ1v) is 6.17. The third-order valence-corrected chi connectivity index (χ3v) is 3.18. The molecule has 0 aliphatic heterocycles. The van der Waals surface area contributed by atoms with Crippen LogP contribution in [0.5, 0.6) is 0 Å². The quantitative estimate of drug-likeness (QED) is 0.817. The molecule has 0 fully saturated rings. The Bertz CT molecular complexity index is 512. The first-order chi connectivity index (χ1) is 8.19. The molecule has 0 aliphatic rings. The molecule has 0 spiro atoms. The van der Waals surface area contributed by atoms with E-state index < -0.39 is 0 Å². The van der Waals surface area contributed by atoms with Gasteiger partial charge in [0.2, 0.25) is 5.16 Å². The molecular weight excluding hydrogens is 239 g/mol. The summed E-state index contributed by atoms with van der Waals surface area (Å²) in [5.74, 6) is 1.03. The van der Waals surface area contributed by atoms with Gasteiger partial charge in [0.1, 0.15) is 11.6 Å². The smallest absolute Gasteiger partial charge is 0.208 e. The second-order valence-electron chi connectivity index (χ2n) is 3.62. The van der Waals surface area contributed by atoms with E-state index in [9.17, 15) is 4.39 Å². The van der Waals surface area contributed by atoms with Crippen LogP contribution in [0.4, 0.5) is 4.39 Å². The standard InChI is InChI=1S/C11H13FN4S/c1-7-14-11(16-15-7)17-6-9-3-2-8(5-13)4-10(9)12/h2-4H,5-6,13H2,1H3,(H,14,15,16). The van der Waals surface area contributed by atoms with Crippen LogP contribution in [0.1, 0.15) is 17.0 Å². The van der Waals surface area contributed by atoms with Crippen molar-refractivity contribution in [2.24, 2.45) is 5.73 Å². The van der Waals surface area contributed by atoms with Crippen molar-refractivity contribution in [3.05, 3.63) is 41.0 Å². The van der Waals surface area contributed by atoms with Gasteiger partial charge in [-0.1, -0.05) is 23.9 Å². The average molecular weight is 252 g/mol. The summed E-state index contributed by atoms with van der Waals surface area (Å²) in [6, 6.07) is 5.06. The molecule has 1 heterocycles. The normalized spacial score (nSPS) is 10.8. The molecule has 4 nitrogen and oxygen atoms in total. The zero-order valence-corrected chi connectivity index (χ0v) is 10.2. The van der Waals surface area contributed by atoms with Crippen molar-refractivity contribution in [1.82, 2.24) is 15.2 Å². The van der Waals surface area contributed by atoms with Gasteiger partial charge in [-0.2, -0.15) is 0 Å². The van der Waals surface area contributed by atoms with Gasteiger partial charge >= 0.3 is 0 Å². The number of halogens is 1. The van der Waals surface area contributed by atoms with E-state index in [-0.39, 0.29) is 5.82 Å². The number of aromatic amines is 1. The molecular formula is C11H13FN4S. The lowest BCUT2D eigenvalue weighted by molar-refractivity contribution is 0.615. The highest BCUT2D eigenvalue weighted by molar-refractivity contribution is 7.98. The van der Waals surface area contributed by atoms with Crippen LogP contribution in [-0.4, -0.2) is 15.2 Å². The number of H-pyrrole nitrogens is 1. The van der Waals surface area contributed by atoms with Crippen molar-refractivity contribution in [2.45, 2.75) is 24.4 Å². The lowest BCUT2D eigenvalue weighted by Crippen LogP contribution is -1.98. The second-order valence-corrected chi connectivity index (χ2v) is 4.56. The van der Waals surface area contributed by atoms with Crippen LogP contribution in [0.15, 0.2) is 23.4 Å². The Morgan fingerprint density at radius 2 is 2.29 bits per heavy atom. The minimum absolute atomic E-state index is 0.229. The van der Waals surface area contributed by atoms with Crippen LogP contribution < -0.4 is 5.73 Å². The molecule has 2 aromatic rings. The lowest BCUT2D eigenvalue weighted by Gasteiger charge is -2.03. The van der Waals surface area contributed by atoms with Crippen LogP contribution in [0, 0.1) is 12.7 Å². The van der Waals surface area contributed by atoms with Crippen LogP contribution in [-0.2, 0) is 12.3 Å². The Labute approximate surface area is 103 Å². The SMILES string of the molecule is Cc1nc(SCc2ccc(CN)cc2F)n[nH]1. The second kappa shape index (κ2) is 5.29. The van der Waals surface area contributed by atoms with Gasteiger partial charge in [0.05, 0.1) is 0 Å². The molecule has 6 heteroatoms. The third kappa shape index (κ3) is 3.04. The Kier molecular flexibility index (Phi) is 3.75. The molecule has 0 bridgehead atoms. The Balaban J connectivity index is 2.04. The van der Waals surface area contributed by atoms with Crippen molar-refractivity contribution >= 4 is 11.8 Å². The molecule has 0 saturated carbocycles. The molecule has 0 atom stereocenters. The largest absolute Gasteiger partial charge is 0.326 e. The number of aryl methyl sites for hydroxylation is 1. The lowest BCUT2D eigenvalue weighted by atomic mass is 10.1. The van der Waals surface area contributed by atoms with Gasteiger partial charge in [-0.25, -0.2) is 9.37 Å². The molecule has 2 rings (SSSR count). The predicted octanol–water partition coefficient (Wildman–Crippen LogP) is 2.00. The fourth-order valence-corrected chi connectivity index (χ4v) is 2.19. The monoisotopic (exact) mass is 252 g/mol. The first-order valence-electron chi connectivity index (χ1n) is 5.18. The van der Waals surface area contributed by atoms with E-state index in [1.54, 1.807) is 6.07 Å². The molecule has 0 radical (unpaired) electrons. The summed E-state index contributed by atoms with van der Waals surface area (Å²) in [6.45, 7) is 2.18. The van der Waals surface area contributed by atoms with Crippen LogP contribution in [0.3, 0.4) is 0 Å². The highest BCUT2D eigenvalue weighted by Gasteiger charge is 2.06. The number of hydrogen-bond acceptors (Lipinski definition) is 4. The highest BCUT2D eigenvalue weighted by atomic mass is 32.2. The van der Waals surface area contributed by atoms with Gasteiger partial charge in [0.15, 0.2) is 0 Å². The summed E-state index contributed by atoms with van der Waals surface area (Å²) in [5.41, 5.74) is 6.87. The number of aromatic nitrogens is 3. The summed E-state index contributed by atoms with van der Waals surface area (Å²) < 4.78 is 13.6. The van der Waals surface area contributed by atoms with Crippen molar-refractivity contribution in [2.75, 3.05) is 0 Å². The summed E-state index contributed by atoms with van der Waals surface area (Å²) in [4.78, 5) is 4.14. The van der Waals surface area contributed by atoms with E-state index in [2.05, 4.69) is 15.2 Å². The van der Waals surface area contributed by atoms with Gasteiger partial charge in [-0.15, -0.1) is 5.10 Å². The number of hydrogen-bond donors (Lipinski definition) is 2. The highest BCUT2D eigenvalue weighted by Crippen LogP contribution is 2.21. The topological polar surface area (TPSA) is 67.6 Å². The number of benzene rings is 1. The van der Waals surface area contributed by atoms with Gasteiger partial charge in [-0.3, -0.25) is 5.10 Å². The third-order valence-electron chi connectivity index (χ3n) is 2.29. The van der Waals surface area contributed by atoms with Crippen LogP contribution in [0.2, 0.25) is 0 Å². The summed E-state index contributed by atoms with van der Waals surface area (Å²) in [5, 5.41) is 7.35. The Morgan fingerprint density at radius 3 is 2.88 bits per heavy atom. The molecule has 0 saturated heterocycles. The van der Waals surface area contributed by atoms with Crippen LogP contribution >= 0.6 is 11.8 Å². The fourth-order valence-electron chi connectivity index (χ4n) is 1.36. The van der Waals surface area contributed by atoms with Crippen molar-refractivity contribution in [1.29, 1.82) is 0 Å². The molecule has 1 aromatic heterocycles. The van der Waals surface area contributed by atoms with Crippen molar-refractivity contribution in [3.63, 3.8) is 0 Å². The van der Waals surface area contributed by atoms with E-state index in [1.165, 1.54) is 17.8 Å². The summed E-state index contributed by atoms with van der Waals surface area (Å²) in [7, 11) is 0. The van der Waals surface area contributed by atoms with Gasteiger partial charge in [-0.05, 0) is 24.1 Å². The number of nitrogens with two attached hydrogens (primary N) is 1. The minimum atomic E-state index is -0.229. The molecule has 1 aromatic carbocycles. The first kappa shape index (κ1) is 12.1. The van der Waals surface area contributed by atoms with E-state index in [0.29, 0.717) is 23.0 Å². The summed E-state index contributed by atoms with van der Waals surface area (Å²) in [6.07, 6.45) is 0. The number of nitrogens with one attached hydrogen (secondary N) is 1. The van der Waals surface area contributed by atoms with E-state index >= 15 is 0 Å². The molecule has 0 aliphatic carbocycles. The molecule has 90 valence electrons. The molecule has 17 heavy (non-hydrogen) atoms. The van der Waals surface area contributed by atoms with E-state index in [0.717, 1.165) is 11.4 Å². The molecule has 3 N–H and O–H groups in total. The van der Waals surface area contributed by atoms with Gasteiger partial charge < -0.3 is 5.73 Å². The predicted molar refractivity (Wildman–Crippen MR) is 65.0 cm³/mol. The summed E-state index contributed by atoms with van der Waals surface area (Å²) >= 11 is 1.40. The van der Waals surface area contributed by atoms with E-state index in [4.69, 9.17) is 5.73 Å².